The van der Waals surface area contributed by atoms with Crippen molar-refractivity contribution in [2.24, 2.45) is 0 Å². The molecule has 0 aliphatic carbocycles. The molecule has 1 aromatic rings. The van der Waals surface area contributed by atoms with Gasteiger partial charge in [-0.05, 0) is 49.3 Å². The largest absolute Gasteiger partial charge is 0.381 e. The summed E-state index contributed by atoms with van der Waals surface area (Å²) in [5.74, 6) is 0.743. The number of carbonyl (C=O) groups is 2. The molecule has 0 radical (unpaired) electrons. The molecule has 2 saturated heterocycles. The van der Waals surface area contributed by atoms with Crippen LogP contribution in [0, 0.1) is 0 Å². The zero-order valence-electron chi connectivity index (χ0n) is 16.0. The molecule has 0 bridgehead atoms. The summed E-state index contributed by atoms with van der Waals surface area (Å²) in [6.07, 6.45) is 4.62. The molecule has 142 valence electrons. The van der Waals surface area contributed by atoms with E-state index in [4.69, 9.17) is 0 Å². The van der Waals surface area contributed by atoms with Crippen LogP contribution in [0.3, 0.4) is 0 Å². The lowest BCUT2D eigenvalue weighted by Crippen LogP contribution is -2.50. The molecule has 0 spiro atoms. The van der Waals surface area contributed by atoms with Crippen LogP contribution < -0.4 is 5.32 Å². The minimum Gasteiger partial charge on any atom is -0.381 e. The average molecular weight is 357 g/mol. The van der Waals surface area contributed by atoms with Crippen LogP contribution >= 0.6 is 0 Å². The number of likely N-dealkylation sites (tertiary alicyclic amines) is 2. The molecule has 3 rings (SSSR count). The van der Waals surface area contributed by atoms with E-state index >= 15 is 0 Å². The third-order valence-electron chi connectivity index (χ3n) is 5.47. The summed E-state index contributed by atoms with van der Waals surface area (Å²) in [6.45, 7) is 6.87. The van der Waals surface area contributed by atoms with E-state index in [1.807, 2.05) is 4.90 Å². The van der Waals surface area contributed by atoms with Crippen LogP contribution in [0.4, 0.5) is 5.69 Å². The normalized spacial score (nSPS) is 21.2. The molecule has 5 heteroatoms. The van der Waals surface area contributed by atoms with Gasteiger partial charge >= 0.3 is 0 Å². The number of amides is 2. The number of nitrogens with one attached hydrogen (secondary N) is 1. The maximum atomic E-state index is 12.6. The van der Waals surface area contributed by atoms with Gasteiger partial charge < -0.3 is 15.1 Å². The Morgan fingerprint density at radius 2 is 1.92 bits per heavy atom. The summed E-state index contributed by atoms with van der Waals surface area (Å²) in [6, 6.07) is 8.86. The van der Waals surface area contributed by atoms with Crippen LogP contribution in [0.5, 0.6) is 0 Å². The highest BCUT2D eigenvalue weighted by Crippen LogP contribution is 2.20. The molecule has 1 atom stereocenters. The van der Waals surface area contributed by atoms with Gasteiger partial charge in [-0.25, -0.2) is 0 Å². The van der Waals surface area contributed by atoms with E-state index in [1.54, 1.807) is 4.90 Å². The quantitative estimate of drug-likeness (QED) is 0.880. The molecule has 2 fully saturated rings. The SMILES string of the molecule is CC(C)c1ccc(N[C@H]2CCCN(C(=O)CN3CCCCC3=O)C2)cc1. The molecular weight excluding hydrogens is 326 g/mol. The first-order chi connectivity index (χ1) is 12.5. The van der Waals surface area contributed by atoms with Crippen molar-refractivity contribution in [2.45, 2.75) is 57.9 Å². The Labute approximate surface area is 156 Å². The Bertz CT molecular complexity index is 627. The topological polar surface area (TPSA) is 52.7 Å². The first-order valence-electron chi connectivity index (χ1n) is 9.95. The summed E-state index contributed by atoms with van der Waals surface area (Å²) in [4.78, 5) is 28.2. The lowest BCUT2D eigenvalue weighted by Gasteiger charge is -2.35. The van der Waals surface area contributed by atoms with Crippen LogP contribution in [0.1, 0.15) is 57.4 Å². The Morgan fingerprint density at radius 3 is 2.62 bits per heavy atom. The maximum absolute atomic E-state index is 12.6. The lowest BCUT2D eigenvalue weighted by atomic mass is 10.0. The summed E-state index contributed by atoms with van der Waals surface area (Å²) in [5.41, 5.74) is 2.45. The Hall–Kier alpha value is -2.04. The van der Waals surface area contributed by atoms with E-state index in [-0.39, 0.29) is 24.4 Å². The van der Waals surface area contributed by atoms with Gasteiger partial charge in [0.2, 0.25) is 11.8 Å². The number of piperidine rings is 2. The van der Waals surface area contributed by atoms with Crippen molar-refractivity contribution in [3.8, 4) is 0 Å². The van der Waals surface area contributed by atoms with Gasteiger partial charge in [0.05, 0.1) is 6.54 Å². The minimum atomic E-state index is 0.0851. The van der Waals surface area contributed by atoms with Gasteiger partial charge in [0, 0.05) is 37.8 Å². The maximum Gasteiger partial charge on any atom is 0.242 e. The van der Waals surface area contributed by atoms with Crippen molar-refractivity contribution in [1.82, 2.24) is 9.80 Å². The second-order valence-electron chi connectivity index (χ2n) is 7.87. The van der Waals surface area contributed by atoms with E-state index in [1.165, 1.54) is 5.56 Å². The predicted octanol–water partition coefficient (Wildman–Crippen LogP) is 3.23. The molecule has 1 aromatic carbocycles. The Balaban J connectivity index is 1.53. The van der Waals surface area contributed by atoms with Crippen molar-refractivity contribution in [3.05, 3.63) is 29.8 Å². The predicted molar refractivity (Wildman–Crippen MR) is 104 cm³/mol. The monoisotopic (exact) mass is 357 g/mol. The minimum absolute atomic E-state index is 0.0851. The fraction of sp³-hybridized carbons (Fsp3) is 0.619. The average Bonchev–Trinajstić information content (AvgIpc) is 2.64. The molecule has 0 aromatic heterocycles. The molecule has 1 N–H and O–H groups in total. The van der Waals surface area contributed by atoms with Crippen molar-refractivity contribution in [2.75, 3.05) is 31.5 Å². The van der Waals surface area contributed by atoms with E-state index in [0.29, 0.717) is 18.9 Å². The first kappa shape index (κ1) is 18.7. The molecule has 0 unspecified atom stereocenters. The van der Waals surface area contributed by atoms with E-state index in [0.717, 1.165) is 44.5 Å². The van der Waals surface area contributed by atoms with Crippen molar-refractivity contribution < 1.29 is 9.59 Å². The van der Waals surface area contributed by atoms with E-state index < -0.39 is 0 Å². The molecule has 0 saturated carbocycles. The fourth-order valence-electron chi connectivity index (χ4n) is 3.81. The third kappa shape index (κ3) is 4.77. The highest BCUT2D eigenvalue weighted by molar-refractivity contribution is 5.85. The standard InChI is InChI=1S/C21H31N3O2/c1-16(2)17-8-10-18(11-9-17)22-19-6-5-13-23(14-19)21(26)15-24-12-4-3-7-20(24)25/h8-11,16,19,22H,3-7,12-15H2,1-2H3/t19-/m0/s1. The first-order valence-corrected chi connectivity index (χ1v) is 9.95. The summed E-state index contributed by atoms with van der Waals surface area (Å²) < 4.78 is 0. The van der Waals surface area contributed by atoms with Gasteiger partial charge in [0.15, 0.2) is 0 Å². The zero-order valence-corrected chi connectivity index (χ0v) is 16.0. The number of carbonyl (C=O) groups excluding carboxylic acids is 2. The van der Waals surface area contributed by atoms with Crippen LogP contribution in [-0.2, 0) is 9.59 Å². The lowest BCUT2D eigenvalue weighted by molar-refractivity contribution is -0.142. The van der Waals surface area contributed by atoms with Crippen molar-refractivity contribution in [1.29, 1.82) is 0 Å². The van der Waals surface area contributed by atoms with Crippen LogP contribution in [0.2, 0.25) is 0 Å². The van der Waals surface area contributed by atoms with Crippen molar-refractivity contribution in [3.63, 3.8) is 0 Å². The molecule has 26 heavy (non-hydrogen) atoms. The van der Waals surface area contributed by atoms with Crippen LogP contribution in [-0.4, -0.2) is 53.8 Å². The summed E-state index contributed by atoms with van der Waals surface area (Å²) in [5, 5.41) is 3.57. The smallest absolute Gasteiger partial charge is 0.242 e. The number of anilines is 1. The van der Waals surface area contributed by atoms with Gasteiger partial charge in [0.1, 0.15) is 0 Å². The van der Waals surface area contributed by atoms with Crippen LogP contribution in [0.15, 0.2) is 24.3 Å². The van der Waals surface area contributed by atoms with E-state index in [9.17, 15) is 9.59 Å². The van der Waals surface area contributed by atoms with Gasteiger partial charge in [-0.15, -0.1) is 0 Å². The number of rotatable bonds is 5. The second-order valence-corrected chi connectivity index (χ2v) is 7.87. The Morgan fingerprint density at radius 1 is 1.15 bits per heavy atom. The Kier molecular flexibility index (Phi) is 6.17. The van der Waals surface area contributed by atoms with Gasteiger partial charge in [-0.3, -0.25) is 9.59 Å². The van der Waals surface area contributed by atoms with Gasteiger partial charge in [-0.2, -0.15) is 0 Å². The van der Waals surface area contributed by atoms with Gasteiger partial charge in [-0.1, -0.05) is 26.0 Å². The number of nitrogens with zero attached hydrogens (tertiary/aromatic N) is 2. The molecular formula is C21H31N3O2. The highest BCUT2D eigenvalue weighted by atomic mass is 16.2. The second kappa shape index (κ2) is 8.56. The fourth-order valence-corrected chi connectivity index (χ4v) is 3.81. The third-order valence-corrected chi connectivity index (χ3v) is 5.47. The number of benzene rings is 1. The van der Waals surface area contributed by atoms with Crippen molar-refractivity contribution >= 4 is 17.5 Å². The highest BCUT2D eigenvalue weighted by Gasteiger charge is 2.27. The molecule has 2 amide bonds. The number of hydrogen-bond acceptors (Lipinski definition) is 3. The van der Waals surface area contributed by atoms with Gasteiger partial charge in [0.25, 0.3) is 0 Å². The summed E-state index contributed by atoms with van der Waals surface area (Å²) >= 11 is 0. The molecule has 5 nitrogen and oxygen atoms in total. The number of hydrogen-bond donors (Lipinski definition) is 1. The van der Waals surface area contributed by atoms with Crippen LogP contribution in [0.25, 0.3) is 0 Å². The molecule has 2 heterocycles. The summed E-state index contributed by atoms with van der Waals surface area (Å²) in [7, 11) is 0. The zero-order chi connectivity index (χ0) is 18.5. The molecule has 2 aliphatic heterocycles. The molecule has 2 aliphatic rings. The van der Waals surface area contributed by atoms with E-state index in [2.05, 4.69) is 43.4 Å².